The summed E-state index contributed by atoms with van der Waals surface area (Å²) < 4.78 is 45.5. The minimum Gasteiger partial charge on any atom is -0.497 e. The SMILES string of the molecule is COc1cccc(/C=C/C(=O)c2nc3ccccc3n2Cc2ccc(C(F)(F)F)cc2)c1. The van der Waals surface area contributed by atoms with Gasteiger partial charge in [0.05, 0.1) is 23.7 Å². The van der Waals surface area contributed by atoms with Gasteiger partial charge >= 0.3 is 6.18 Å². The number of hydrogen-bond donors (Lipinski definition) is 0. The number of allylic oxidation sites excluding steroid dienone is 1. The van der Waals surface area contributed by atoms with E-state index in [4.69, 9.17) is 4.74 Å². The summed E-state index contributed by atoms with van der Waals surface area (Å²) >= 11 is 0. The normalized spacial score (nSPS) is 11.9. The molecule has 0 spiro atoms. The molecule has 32 heavy (non-hydrogen) atoms. The fourth-order valence-corrected chi connectivity index (χ4v) is 3.40. The van der Waals surface area contributed by atoms with Gasteiger partial charge in [0.2, 0.25) is 5.78 Å². The highest BCUT2D eigenvalue weighted by molar-refractivity contribution is 6.06. The maximum atomic E-state index is 13.0. The van der Waals surface area contributed by atoms with Crippen LogP contribution in [0.15, 0.2) is 78.9 Å². The number of halogens is 3. The van der Waals surface area contributed by atoms with E-state index in [9.17, 15) is 18.0 Å². The van der Waals surface area contributed by atoms with Crippen LogP contribution < -0.4 is 4.74 Å². The van der Waals surface area contributed by atoms with Crippen molar-refractivity contribution in [2.75, 3.05) is 7.11 Å². The van der Waals surface area contributed by atoms with Crippen LogP contribution in [0.25, 0.3) is 17.1 Å². The molecule has 0 aliphatic carbocycles. The van der Waals surface area contributed by atoms with Crippen molar-refractivity contribution in [1.29, 1.82) is 0 Å². The molecule has 0 amide bonds. The quantitative estimate of drug-likeness (QED) is 0.275. The fraction of sp³-hybridized carbons (Fsp3) is 0.120. The standard InChI is InChI=1S/C25H19F3N2O2/c1-32-20-6-4-5-17(15-20)11-14-23(31)24-29-21-7-2-3-8-22(21)30(24)16-18-9-12-19(13-10-18)25(26,27)28/h2-15H,16H2,1H3/b14-11+. The molecule has 0 saturated heterocycles. The first kappa shape index (κ1) is 21.4. The smallest absolute Gasteiger partial charge is 0.416 e. The van der Waals surface area contributed by atoms with E-state index in [2.05, 4.69) is 4.98 Å². The highest BCUT2D eigenvalue weighted by atomic mass is 19.4. The predicted octanol–water partition coefficient (Wildman–Crippen LogP) is 6.01. The molecule has 0 radical (unpaired) electrons. The molecule has 0 atom stereocenters. The zero-order valence-electron chi connectivity index (χ0n) is 17.1. The van der Waals surface area contributed by atoms with Crippen LogP contribution in [0.3, 0.4) is 0 Å². The van der Waals surface area contributed by atoms with Crippen molar-refractivity contribution >= 4 is 22.9 Å². The van der Waals surface area contributed by atoms with Crippen LogP contribution >= 0.6 is 0 Å². The van der Waals surface area contributed by atoms with Crippen LogP contribution in [0.2, 0.25) is 0 Å². The topological polar surface area (TPSA) is 44.1 Å². The van der Waals surface area contributed by atoms with Gasteiger partial charge in [-0.05, 0) is 53.6 Å². The molecule has 0 fully saturated rings. The Hall–Kier alpha value is -3.87. The Morgan fingerprint density at radius 3 is 2.50 bits per heavy atom. The first-order valence-electron chi connectivity index (χ1n) is 9.83. The third-order valence-electron chi connectivity index (χ3n) is 5.02. The molecule has 4 rings (SSSR count). The maximum absolute atomic E-state index is 13.0. The average molecular weight is 436 g/mol. The van der Waals surface area contributed by atoms with Crippen molar-refractivity contribution in [3.05, 3.63) is 101 Å². The molecular weight excluding hydrogens is 417 g/mol. The molecule has 162 valence electrons. The van der Waals surface area contributed by atoms with E-state index in [1.807, 2.05) is 36.4 Å². The van der Waals surface area contributed by atoms with Crippen LogP contribution in [-0.2, 0) is 12.7 Å². The van der Waals surface area contributed by atoms with E-state index in [-0.39, 0.29) is 18.2 Å². The Morgan fingerprint density at radius 1 is 1.03 bits per heavy atom. The molecule has 7 heteroatoms. The second-order valence-corrected chi connectivity index (χ2v) is 7.18. The van der Waals surface area contributed by atoms with Crippen molar-refractivity contribution in [3.63, 3.8) is 0 Å². The molecule has 0 bridgehead atoms. The summed E-state index contributed by atoms with van der Waals surface area (Å²) in [6.07, 6.45) is -1.29. The number of methoxy groups -OCH3 is 1. The molecule has 0 N–H and O–H groups in total. The van der Waals surface area contributed by atoms with Crippen molar-refractivity contribution in [2.45, 2.75) is 12.7 Å². The molecule has 0 aliphatic heterocycles. The second kappa shape index (κ2) is 8.70. The van der Waals surface area contributed by atoms with E-state index in [1.54, 1.807) is 29.9 Å². The largest absolute Gasteiger partial charge is 0.497 e. The van der Waals surface area contributed by atoms with Gasteiger partial charge in [-0.25, -0.2) is 4.98 Å². The number of fused-ring (bicyclic) bond motifs is 1. The summed E-state index contributed by atoms with van der Waals surface area (Å²) in [6.45, 7) is 0.215. The van der Waals surface area contributed by atoms with E-state index >= 15 is 0 Å². The second-order valence-electron chi connectivity index (χ2n) is 7.18. The first-order chi connectivity index (χ1) is 15.3. The Balaban J connectivity index is 1.67. The first-order valence-corrected chi connectivity index (χ1v) is 9.83. The summed E-state index contributed by atoms with van der Waals surface area (Å²) in [5.74, 6) is 0.579. The fourth-order valence-electron chi connectivity index (χ4n) is 3.40. The van der Waals surface area contributed by atoms with Gasteiger partial charge in [0, 0.05) is 6.54 Å². The van der Waals surface area contributed by atoms with Crippen LogP contribution in [0.5, 0.6) is 5.75 Å². The highest BCUT2D eigenvalue weighted by Crippen LogP contribution is 2.29. The molecule has 4 nitrogen and oxygen atoms in total. The van der Waals surface area contributed by atoms with E-state index in [1.165, 1.54) is 18.2 Å². The number of alkyl halides is 3. The maximum Gasteiger partial charge on any atom is 0.416 e. The lowest BCUT2D eigenvalue weighted by molar-refractivity contribution is -0.137. The molecule has 4 aromatic rings. The third-order valence-corrected chi connectivity index (χ3v) is 5.02. The lowest BCUT2D eigenvalue weighted by Gasteiger charge is -2.10. The number of carbonyl (C=O) groups excluding carboxylic acids is 1. The van der Waals surface area contributed by atoms with Gasteiger partial charge in [0.15, 0.2) is 5.82 Å². The van der Waals surface area contributed by atoms with Gasteiger partial charge in [-0.2, -0.15) is 13.2 Å². The minimum atomic E-state index is -4.40. The molecule has 3 aromatic carbocycles. The summed E-state index contributed by atoms with van der Waals surface area (Å²) in [5.41, 5.74) is 2.08. The number of imidazole rings is 1. The Bertz CT molecular complexity index is 1290. The van der Waals surface area contributed by atoms with E-state index in [0.29, 0.717) is 16.8 Å². The van der Waals surface area contributed by atoms with Crippen molar-refractivity contribution in [1.82, 2.24) is 9.55 Å². The van der Waals surface area contributed by atoms with Crippen LogP contribution in [-0.4, -0.2) is 22.4 Å². The summed E-state index contributed by atoms with van der Waals surface area (Å²) in [4.78, 5) is 17.5. The molecule has 0 saturated carbocycles. The van der Waals surface area contributed by atoms with E-state index in [0.717, 1.165) is 23.2 Å². The molecular formula is C25H19F3N2O2. The molecule has 0 unspecified atom stereocenters. The van der Waals surface area contributed by atoms with Crippen LogP contribution in [0.1, 0.15) is 27.3 Å². The van der Waals surface area contributed by atoms with Gasteiger partial charge in [0.25, 0.3) is 0 Å². The van der Waals surface area contributed by atoms with Crippen molar-refractivity contribution in [3.8, 4) is 5.75 Å². The van der Waals surface area contributed by atoms with E-state index < -0.39 is 11.7 Å². The molecule has 0 aliphatic rings. The summed E-state index contributed by atoms with van der Waals surface area (Å²) in [6, 6.07) is 19.5. The van der Waals surface area contributed by atoms with Gasteiger partial charge in [-0.3, -0.25) is 4.79 Å². The third kappa shape index (κ3) is 4.56. The van der Waals surface area contributed by atoms with Crippen LogP contribution in [0, 0.1) is 0 Å². The Kier molecular flexibility index (Phi) is 5.81. The number of ketones is 1. The number of aromatic nitrogens is 2. The summed E-state index contributed by atoms with van der Waals surface area (Å²) in [5, 5.41) is 0. The number of carbonyl (C=O) groups is 1. The average Bonchev–Trinajstić information content (AvgIpc) is 3.16. The number of para-hydroxylation sites is 2. The predicted molar refractivity (Wildman–Crippen MR) is 117 cm³/mol. The minimum absolute atomic E-state index is 0.213. The van der Waals surface area contributed by atoms with Crippen LogP contribution in [0.4, 0.5) is 13.2 Å². The Morgan fingerprint density at radius 2 is 1.78 bits per heavy atom. The van der Waals surface area contributed by atoms with Gasteiger partial charge in [-0.1, -0.05) is 42.5 Å². The zero-order valence-corrected chi connectivity index (χ0v) is 17.1. The van der Waals surface area contributed by atoms with Crippen molar-refractivity contribution < 1.29 is 22.7 Å². The number of nitrogens with zero attached hydrogens (tertiary/aromatic N) is 2. The summed E-state index contributed by atoms with van der Waals surface area (Å²) in [7, 11) is 1.57. The van der Waals surface area contributed by atoms with Crippen molar-refractivity contribution in [2.24, 2.45) is 0 Å². The Labute approximate surface area is 182 Å². The number of hydrogen-bond acceptors (Lipinski definition) is 3. The van der Waals surface area contributed by atoms with Gasteiger partial charge in [0.1, 0.15) is 5.75 Å². The number of rotatable bonds is 6. The lowest BCUT2D eigenvalue weighted by Crippen LogP contribution is -2.10. The highest BCUT2D eigenvalue weighted by Gasteiger charge is 2.30. The number of ether oxygens (including phenoxy) is 1. The molecule has 1 heterocycles. The van der Waals surface area contributed by atoms with Gasteiger partial charge in [-0.15, -0.1) is 0 Å². The molecule has 1 aromatic heterocycles. The van der Waals surface area contributed by atoms with Gasteiger partial charge < -0.3 is 9.30 Å². The monoisotopic (exact) mass is 436 g/mol. The zero-order chi connectivity index (χ0) is 22.7. The lowest BCUT2D eigenvalue weighted by atomic mass is 10.1. The number of benzene rings is 3.